The summed E-state index contributed by atoms with van der Waals surface area (Å²) in [6.07, 6.45) is 3.78. The molecule has 3 aromatic rings. The number of rotatable bonds is 5. The number of fused-ring (bicyclic) bond motifs is 1. The van der Waals surface area contributed by atoms with Crippen molar-refractivity contribution in [2.75, 3.05) is 10.7 Å². The number of aromatic nitrogens is 2. The van der Waals surface area contributed by atoms with E-state index in [4.69, 9.17) is 0 Å². The Morgan fingerprint density at radius 3 is 2.74 bits per heavy atom. The third kappa shape index (κ3) is 3.07. The van der Waals surface area contributed by atoms with Crippen molar-refractivity contribution in [1.29, 1.82) is 0 Å². The molecule has 6 heteroatoms. The maximum atomic E-state index is 12.0. The first-order chi connectivity index (χ1) is 13.0. The van der Waals surface area contributed by atoms with Gasteiger partial charge >= 0.3 is 0 Å². The average Bonchev–Trinajstić information content (AvgIpc) is 3.45. The van der Waals surface area contributed by atoms with Crippen molar-refractivity contribution >= 4 is 35.0 Å². The van der Waals surface area contributed by atoms with Crippen LogP contribution in [-0.4, -0.2) is 22.2 Å². The van der Waals surface area contributed by atoms with E-state index in [0.717, 1.165) is 46.3 Å². The molecular formula is C21H23N5O. The highest BCUT2D eigenvalue weighted by molar-refractivity contribution is 5.96. The highest BCUT2D eigenvalue weighted by Gasteiger charge is 2.29. The highest BCUT2D eigenvalue weighted by atomic mass is 16.2. The largest absolute Gasteiger partial charge is 0.342 e. The van der Waals surface area contributed by atoms with Gasteiger partial charge in [-0.15, -0.1) is 0 Å². The third-order valence-corrected chi connectivity index (χ3v) is 5.39. The van der Waals surface area contributed by atoms with E-state index in [0.29, 0.717) is 5.82 Å². The van der Waals surface area contributed by atoms with Crippen LogP contribution in [0.25, 0.3) is 22.2 Å². The minimum atomic E-state index is 0.0726. The van der Waals surface area contributed by atoms with Crippen molar-refractivity contribution in [3.8, 4) is 11.3 Å². The fourth-order valence-corrected chi connectivity index (χ4v) is 3.44. The van der Waals surface area contributed by atoms with Crippen molar-refractivity contribution in [2.24, 2.45) is 18.1 Å². The molecule has 6 nitrogen and oxygen atoms in total. The molecule has 0 spiro atoms. The number of anilines is 2. The molecule has 1 fully saturated rings. The molecule has 2 heterocycles. The number of hydrogen-bond donors (Lipinski definition) is 2. The van der Waals surface area contributed by atoms with Crippen LogP contribution in [0.5, 0.6) is 0 Å². The normalized spacial score (nSPS) is 13.6. The van der Waals surface area contributed by atoms with Gasteiger partial charge in [0.2, 0.25) is 5.91 Å². The Bertz CT molecular complexity index is 1060. The molecular weight excluding hydrogens is 338 g/mol. The van der Waals surface area contributed by atoms with E-state index in [1.165, 1.54) is 5.56 Å². The van der Waals surface area contributed by atoms with Crippen LogP contribution in [0, 0.1) is 19.8 Å². The molecule has 1 saturated carbocycles. The van der Waals surface area contributed by atoms with Crippen LogP contribution in [0.4, 0.5) is 11.5 Å². The lowest BCUT2D eigenvalue weighted by molar-refractivity contribution is -0.117. The maximum absolute atomic E-state index is 12.0. The summed E-state index contributed by atoms with van der Waals surface area (Å²) in [6, 6.07) is 8.19. The minimum absolute atomic E-state index is 0.0726. The molecule has 1 aliphatic rings. The maximum Gasteiger partial charge on any atom is 0.228 e. The van der Waals surface area contributed by atoms with Crippen molar-refractivity contribution in [1.82, 2.24) is 9.55 Å². The van der Waals surface area contributed by atoms with Crippen molar-refractivity contribution in [3.05, 3.63) is 41.6 Å². The number of carbonyl (C=O) groups excluding carboxylic acids is 1. The van der Waals surface area contributed by atoms with Gasteiger partial charge in [0, 0.05) is 36.3 Å². The van der Waals surface area contributed by atoms with Gasteiger partial charge in [-0.25, -0.2) is 4.98 Å². The van der Waals surface area contributed by atoms with Gasteiger partial charge < -0.3 is 9.88 Å². The molecule has 0 radical (unpaired) electrons. The molecule has 0 bridgehead atoms. The zero-order valence-electron chi connectivity index (χ0n) is 15.8. The first-order valence-corrected chi connectivity index (χ1v) is 9.08. The Balaban J connectivity index is 1.74. The molecule has 0 aliphatic heterocycles. The number of hydrazone groups is 1. The number of nitrogens with one attached hydrogen (secondary N) is 2. The summed E-state index contributed by atoms with van der Waals surface area (Å²) in [5, 5.41) is 7.74. The number of nitrogens with zero attached hydrogens (tertiary/aromatic N) is 3. The van der Waals surface area contributed by atoms with E-state index in [9.17, 15) is 4.79 Å². The first-order valence-electron chi connectivity index (χ1n) is 9.08. The highest BCUT2D eigenvalue weighted by Crippen LogP contribution is 2.34. The zero-order chi connectivity index (χ0) is 19.1. The first kappa shape index (κ1) is 17.3. The van der Waals surface area contributed by atoms with E-state index >= 15 is 0 Å². The summed E-state index contributed by atoms with van der Waals surface area (Å²) in [6.45, 7) is 7.67. The summed E-state index contributed by atoms with van der Waals surface area (Å²) in [5.74, 6) is 0.848. The zero-order valence-corrected chi connectivity index (χ0v) is 15.8. The number of hydrogen-bond acceptors (Lipinski definition) is 4. The van der Waals surface area contributed by atoms with Crippen LogP contribution in [-0.2, 0) is 11.8 Å². The van der Waals surface area contributed by atoms with E-state index < -0.39 is 0 Å². The molecule has 1 aromatic carbocycles. The fourth-order valence-electron chi connectivity index (χ4n) is 3.44. The Kier molecular flexibility index (Phi) is 4.18. The molecule has 1 amide bonds. The minimum Gasteiger partial charge on any atom is -0.342 e. The number of benzene rings is 1. The second-order valence-electron chi connectivity index (χ2n) is 7.16. The number of amides is 1. The lowest BCUT2D eigenvalue weighted by Gasteiger charge is -2.13. The van der Waals surface area contributed by atoms with Gasteiger partial charge in [-0.3, -0.25) is 10.2 Å². The Morgan fingerprint density at radius 1 is 1.26 bits per heavy atom. The SMILES string of the molecule is C=NNc1ccc(-c2cc3cc(NC(=O)C4CC4)ncc3n2C)c(C)c1C. The lowest BCUT2D eigenvalue weighted by Crippen LogP contribution is -2.14. The van der Waals surface area contributed by atoms with Crippen LogP contribution in [0.15, 0.2) is 35.6 Å². The monoisotopic (exact) mass is 361 g/mol. The standard InChI is InChI=1S/C21H23N5O/c1-12-13(2)17(25-22-3)8-7-16(12)18-9-15-10-20(23-11-19(15)26(18)4)24-21(27)14-5-6-14/h7-11,14,25H,3,5-6H2,1-2,4H3,(H,23,24,27). The summed E-state index contributed by atoms with van der Waals surface area (Å²) in [5.41, 5.74) is 9.51. The van der Waals surface area contributed by atoms with E-state index in [2.05, 4.69) is 58.1 Å². The lowest BCUT2D eigenvalue weighted by atomic mass is 9.99. The van der Waals surface area contributed by atoms with Gasteiger partial charge in [-0.2, -0.15) is 5.10 Å². The molecule has 0 unspecified atom stereocenters. The van der Waals surface area contributed by atoms with Crippen molar-refractivity contribution in [3.63, 3.8) is 0 Å². The second kappa shape index (κ2) is 6.54. The molecule has 4 rings (SSSR count). The van der Waals surface area contributed by atoms with Gasteiger partial charge in [0.25, 0.3) is 0 Å². The van der Waals surface area contributed by atoms with Gasteiger partial charge in [-0.05, 0) is 56.0 Å². The number of aryl methyl sites for hydroxylation is 1. The van der Waals surface area contributed by atoms with Gasteiger partial charge in [0.05, 0.1) is 17.4 Å². The molecule has 138 valence electrons. The quantitative estimate of drug-likeness (QED) is 0.528. The van der Waals surface area contributed by atoms with Crippen molar-refractivity contribution < 1.29 is 4.79 Å². The molecule has 2 N–H and O–H groups in total. The number of carbonyl (C=O) groups is 1. The third-order valence-electron chi connectivity index (χ3n) is 5.39. The molecule has 0 atom stereocenters. The average molecular weight is 361 g/mol. The summed E-state index contributed by atoms with van der Waals surface area (Å²) < 4.78 is 2.13. The smallest absolute Gasteiger partial charge is 0.228 e. The second-order valence-corrected chi connectivity index (χ2v) is 7.16. The summed E-state index contributed by atoms with van der Waals surface area (Å²) >= 11 is 0. The van der Waals surface area contributed by atoms with Crippen LogP contribution in [0.3, 0.4) is 0 Å². The van der Waals surface area contributed by atoms with Gasteiger partial charge in [-0.1, -0.05) is 6.07 Å². The fraction of sp³-hybridized carbons (Fsp3) is 0.286. The molecule has 1 aliphatic carbocycles. The molecule has 2 aromatic heterocycles. The van der Waals surface area contributed by atoms with Crippen LogP contribution in [0.2, 0.25) is 0 Å². The van der Waals surface area contributed by atoms with E-state index in [-0.39, 0.29) is 11.8 Å². The predicted molar refractivity (Wildman–Crippen MR) is 110 cm³/mol. The van der Waals surface area contributed by atoms with Crippen molar-refractivity contribution in [2.45, 2.75) is 26.7 Å². The summed E-state index contributed by atoms with van der Waals surface area (Å²) in [4.78, 5) is 16.4. The molecule has 0 saturated heterocycles. The Morgan fingerprint density at radius 2 is 2.04 bits per heavy atom. The van der Waals surface area contributed by atoms with E-state index in [1.54, 1.807) is 0 Å². The summed E-state index contributed by atoms with van der Waals surface area (Å²) in [7, 11) is 2.04. The topological polar surface area (TPSA) is 71.3 Å². The van der Waals surface area contributed by atoms with Crippen LogP contribution >= 0.6 is 0 Å². The Hall–Kier alpha value is -3.15. The Labute approximate surface area is 158 Å². The van der Waals surface area contributed by atoms with Crippen LogP contribution in [0.1, 0.15) is 24.0 Å². The van der Waals surface area contributed by atoms with Gasteiger partial charge in [0.15, 0.2) is 0 Å². The van der Waals surface area contributed by atoms with E-state index in [1.807, 2.05) is 25.4 Å². The van der Waals surface area contributed by atoms with Crippen LogP contribution < -0.4 is 10.7 Å². The van der Waals surface area contributed by atoms with Gasteiger partial charge in [0.1, 0.15) is 5.82 Å². The predicted octanol–water partition coefficient (Wildman–Crippen LogP) is 4.23. The number of pyridine rings is 1. The molecule has 27 heavy (non-hydrogen) atoms.